The van der Waals surface area contributed by atoms with Crippen LogP contribution in [0.15, 0.2) is 36.5 Å². The molecule has 0 aliphatic carbocycles. The number of para-hydroxylation sites is 1. The molecule has 1 amide bonds. The van der Waals surface area contributed by atoms with Gasteiger partial charge < -0.3 is 14.8 Å². The normalized spacial score (nSPS) is 10.0. The average molecular weight is 307 g/mol. The number of methoxy groups -OCH3 is 2. The Bertz CT molecular complexity index is 629. The Balaban J connectivity index is 2.09. The molecule has 0 radical (unpaired) electrons. The third-order valence-electron chi connectivity index (χ3n) is 2.91. The standard InChI is InChI=1S/C15H15ClN2O3/c1-20-12-5-3-4-10(14(12)21-2)8-18-15(19)11-6-7-13(16)17-9-11/h3-7,9H,8H2,1-2H3,(H,18,19). The minimum absolute atomic E-state index is 0.232. The van der Waals surface area contributed by atoms with E-state index in [4.69, 9.17) is 21.1 Å². The molecule has 1 N–H and O–H groups in total. The van der Waals surface area contributed by atoms with E-state index >= 15 is 0 Å². The molecule has 0 saturated carbocycles. The number of rotatable bonds is 5. The molecule has 0 saturated heterocycles. The molecule has 2 aromatic rings. The molecule has 0 unspecified atom stereocenters. The summed E-state index contributed by atoms with van der Waals surface area (Å²) < 4.78 is 10.5. The van der Waals surface area contributed by atoms with Crippen molar-refractivity contribution >= 4 is 17.5 Å². The Kier molecular flexibility index (Phi) is 5.00. The second-order valence-corrected chi connectivity index (χ2v) is 4.59. The van der Waals surface area contributed by atoms with E-state index in [0.29, 0.717) is 28.8 Å². The summed E-state index contributed by atoms with van der Waals surface area (Å²) in [5.74, 6) is 0.996. The Morgan fingerprint density at radius 3 is 2.67 bits per heavy atom. The lowest BCUT2D eigenvalue weighted by molar-refractivity contribution is 0.0950. The second kappa shape index (κ2) is 6.95. The summed E-state index contributed by atoms with van der Waals surface area (Å²) in [6, 6.07) is 8.69. The van der Waals surface area contributed by atoms with Crippen molar-refractivity contribution in [2.75, 3.05) is 14.2 Å². The maximum atomic E-state index is 12.0. The number of carbonyl (C=O) groups is 1. The quantitative estimate of drug-likeness (QED) is 0.863. The number of aromatic nitrogens is 1. The van der Waals surface area contributed by atoms with Crippen LogP contribution in [0.2, 0.25) is 5.15 Å². The van der Waals surface area contributed by atoms with E-state index < -0.39 is 0 Å². The Hall–Kier alpha value is -2.27. The maximum Gasteiger partial charge on any atom is 0.253 e. The van der Waals surface area contributed by atoms with Crippen LogP contribution in [-0.4, -0.2) is 25.1 Å². The molecule has 0 atom stereocenters. The van der Waals surface area contributed by atoms with Crippen molar-refractivity contribution in [2.45, 2.75) is 6.54 Å². The van der Waals surface area contributed by atoms with Gasteiger partial charge in [0, 0.05) is 18.3 Å². The van der Waals surface area contributed by atoms with Gasteiger partial charge in [0.05, 0.1) is 19.8 Å². The van der Waals surface area contributed by atoms with E-state index in [2.05, 4.69) is 10.3 Å². The molecule has 0 fully saturated rings. The number of hydrogen-bond acceptors (Lipinski definition) is 4. The molecule has 21 heavy (non-hydrogen) atoms. The summed E-state index contributed by atoms with van der Waals surface area (Å²) in [4.78, 5) is 15.9. The number of ether oxygens (including phenoxy) is 2. The Morgan fingerprint density at radius 1 is 1.24 bits per heavy atom. The number of pyridine rings is 1. The van der Waals surface area contributed by atoms with Crippen molar-refractivity contribution in [1.29, 1.82) is 0 Å². The van der Waals surface area contributed by atoms with Crippen molar-refractivity contribution < 1.29 is 14.3 Å². The number of benzene rings is 1. The molecule has 1 aromatic heterocycles. The highest BCUT2D eigenvalue weighted by Crippen LogP contribution is 2.30. The predicted molar refractivity (Wildman–Crippen MR) is 80.0 cm³/mol. The van der Waals surface area contributed by atoms with Crippen LogP contribution in [0.4, 0.5) is 0 Å². The van der Waals surface area contributed by atoms with Gasteiger partial charge >= 0.3 is 0 Å². The first-order valence-corrected chi connectivity index (χ1v) is 6.63. The van der Waals surface area contributed by atoms with E-state index in [0.717, 1.165) is 5.56 Å². The Morgan fingerprint density at radius 2 is 2.05 bits per heavy atom. The summed E-state index contributed by atoms with van der Waals surface area (Å²) in [6.07, 6.45) is 1.43. The zero-order chi connectivity index (χ0) is 15.2. The molecule has 6 heteroatoms. The largest absolute Gasteiger partial charge is 0.493 e. The minimum Gasteiger partial charge on any atom is -0.493 e. The van der Waals surface area contributed by atoms with Crippen LogP contribution in [0.3, 0.4) is 0 Å². The predicted octanol–water partition coefficient (Wildman–Crippen LogP) is 2.68. The van der Waals surface area contributed by atoms with Gasteiger partial charge in [-0.05, 0) is 18.2 Å². The first-order chi connectivity index (χ1) is 10.2. The van der Waals surface area contributed by atoms with Gasteiger partial charge in [-0.15, -0.1) is 0 Å². The van der Waals surface area contributed by atoms with Gasteiger partial charge in [-0.25, -0.2) is 4.98 Å². The molecule has 1 aromatic carbocycles. The summed E-state index contributed by atoms with van der Waals surface area (Å²) in [5, 5.41) is 3.15. The van der Waals surface area contributed by atoms with E-state index in [1.807, 2.05) is 12.1 Å². The van der Waals surface area contributed by atoms with Crippen LogP contribution in [0.5, 0.6) is 11.5 Å². The highest BCUT2D eigenvalue weighted by atomic mass is 35.5. The van der Waals surface area contributed by atoms with Crippen LogP contribution in [0.1, 0.15) is 15.9 Å². The molecule has 0 aliphatic rings. The molecule has 110 valence electrons. The van der Waals surface area contributed by atoms with Gasteiger partial charge in [0.25, 0.3) is 5.91 Å². The smallest absolute Gasteiger partial charge is 0.253 e. The zero-order valence-electron chi connectivity index (χ0n) is 11.7. The number of amides is 1. The number of carbonyl (C=O) groups excluding carboxylic acids is 1. The monoisotopic (exact) mass is 306 g/mol. The van der Waals surface area contributed by atoms with Crippen molar-refractivity contribution in [3.8, 4) is 11.5 Å². The Labute approximate surface area is 127 Å². The summed E-state index contributed by atoms with van der Waals surface area (Å²) in [5.41, 5.74) is 1.27. The third-order valence-corrected chi connectivity index (χ3v) is 3.14. The highest BCUT2D eigenvalue weighted by Gasteiger charge is 2.11. The molecule has 0 spiro atoms. The fraction of sp³-hybridized carbons (Fsp3) is 0.200. The van der Waals surface area contributed by atoms with Crippen molar-refractivity contribution in [1.82, 2.24) is 10.3 Å². The van der Waals surface area contributed by atoms with Crippen molar-refractivity contribution in [3.05, 3.63) is 52.8 Å². The lowest BCUT2D eigenvalue weighted by atomic mass is 10.1. The fourth-order valence-electron chi connectivity index (χ4n) is 1.88. The van der Waals surface area contributed by atoms with Crippen molar-refractivity contribution in [2.24, 2.45) is 0 Å². The van der Waals surface area contributed by atoms with Crippen LogP contribution in [0, 0.1) is 0 Å². The first kappa shape index (κ1) is 15.1. The van der Waals surface area contributed by atoms with Gasteiger partial charge in [-0.2, -0.15) is 0 Å². The summed E-state index contributed by atoms with van der Waals surface area (Å²) in [7, 11) is 3.13. The average Bonchev–Trinajstić information content (AvgIpc) is 2.52. The molecule has 2 rings (SSSR count). The van der Waals surface area contributed by atoms with Crippen LogP contribution in [-0.2, 0) is 6.54 Å². The lowest BCUT2D eigenvalue weighted by Gasteiger charge is -2.13. The SMILES string of the molecule is COc1cccc(CNC(=O)c2ccc(Cl)nc2)c1OC. The number of hydrogen-bond donors (Lipinski definition) is 1. The van der Waals surface area contributed by atoms with E-state index in [9.17, 15) is 4.79 Å². The van der Waals surface area contributed by atoms with E-state index in [1.54, 1.807) is 32.4 Å². The number of halogens is 1. The molecular formula is C15H15ClN2O3. The van der Waals surface area contributed by atoms with Gasteiger partial charge in [0.15, 0.2) is 11.5 Å². The molecule has 0 bridgehead atoms. The fourth-order valence-corrected chi connectivity index (χ4v) is 1.99. The number of nitrogens with one attached hydrogen (secondary N) is 1. The summed E-state index contributed by atoms with van der Waals surface area (Å²) in [6.45, 7) is 0.321. The number of nitrogens with zero attached hydrogens (tertiary/aromatic N) is 1. The van der Waals surface area contributed by atoms with Gasteiger partial charge in [-0.3, -0.25) is 4.79 Å². The van der Waals surface area contributed by atoms with Crippen LogP contribution < -0.4 is 14.8 Å². The van der Waals surface area contributed by atoms with Crippen molar-refractivity contribution in [3.63, 3.8) is 0 Å². The topological polar surface area (TPSA) is 60.5 Å². The van der Waals surface area contributed by atoms with Gasteiger partial charge in [0.2, 0.25) is 0 Å². The maximum absolute atomic E-state index is 12.0. The summed E-state index contributed by atoms with van der Waals surface area (Å²) >= 11 is 5.69. The molecule has 5 nitrogen and oxygen atoms in total. The van der Waals surface area contributed by atoms with Gasteiger partial charge in [-0.1, -0.05) is 23.7 Å². The van der Waals surface area contributed by atoms with Gasteiger partial charge in [0.1, 0.15) is 5.15 Å². The van der Waals surface area contributed by atoms with E-state index in [1.165, 1.54) is 6.20 Å². The molecule has 0 aliphatic heterocycles. The molecule has 1 heterocycles. The molecular weight excluding hydrogens is 292 g/mol. The van der Waals surface area contributed by atoms with Crippen LogP contribution >= 0.6 is 11.6 Å². The second-order valence-electron chi connectivity index (χ2n) is 4.20. The first-order valence-electron chi connectivity index (χ1n) is 6.25. The van der Waals surface area contributed by atoms with Crippen LogP contribution in [0.25, 0.3) is 0 Å². The van der Waals surface area contributed by atoms with E-state index in [-0.39, 0.29) is 5.91 Å². The minimum atomic E-state index is -0.232. The lowest BCUT2D eigenvalue weighted by Crippen LogP contribution is -2.23. The zero-order valence-corrected chi connectivity index (χ0v) is 12.5. The third kappa shape index (κ3) is 3.64. The highest BCUT2D eigenvalue weighted by molar-refractivity contribution is 6.29.